The predicted octanol–water partition coefficient (Wildman–Crippen LogP) is 1.44. The lowest BCUT2D eigenvalue weighted by Crippen LogP contribution is -2.16. The molecule has 13 heavy (non-hydrogen) atoms. The second-order valence-corrected chi connectivity index (χ2v) is 2.86. The van der Waals surface area contributed by atoms with Crippen molar-refractivity contribution in [1.82, 2.24) is 9.97 Å². The minimum absolute atomic E-state index is 0.275. The second-order valence-electron chi connectivity index (χ2n) is 2.86. The molecule has 1 unspecified atom stereocenters. The summed E-state index contributed by atoms with van der Waals surface area (Å²) < 4.78 is 0. The molecule has 0 saturated carbocycles. The maximum atomic E-state index is 5.60. The summed E-state index contributed by atoms with van der Waals surface area (Å²) in [6.07, 6.45) is 5.90. The highest BCUT2D eigenvalue weighted by atomic mass is 15.1. The monoisotopic (exact) mass is 178 g/mol. The smallest absolute Gasteiger partial charge is 0.169 e. The van der Waals surface area contributed by atoms with Gasteiger partial charge in [-0.3, -0.25) is 0 Å². The summed E-state index contributed by atoms with van der Waals surface area (Å²) in [6, 6.07) is 0.275. The summed E-state index contributed by atoms with van der Waals surface area (Å²) in [7, 11) is 0. The molecule has 70 valence electrons. The van der Waals surface area contributed by atoms with Gasteiger partial charge in [0.05, 0.1) is 0 Å². The summed E-state index contributed by atoms with van der Waals surface area (Å²) >= 11 is 0. The van der Waals surface area contributed by atoms with Crippen LogP contribution in [0.4, 0.5) is 11.6 Å². The van der Waals surface area contributed by atoms with Crippen LogP contribution in [0.25, 0.3) is 0 Å². The number of nitrogens with zero attached hydrogens (tertiary/aromatic N) is 2. The Bertz CT molecular complexity index is 285. The number of nitrogens with one attached hydrogen (secondary N) is 1. The average molecular weight is 178 g/mol. The van der Waals surface area contributed by atoms with Gasteiger partial charge in [0.15, 0.2) is 11.6 Å². The predicted molar refractivity (Wildman–Crippen MR) is 54.3 cm³/mol. The molecule has 1 aromatic rings. The SMILES string of the molecule is C=CCC(C)Nc1nccnc1N. The molecule has 0 aliphatic rings. The highest BCUT2D eigenvalue weighted by molar-refractivity contribution is 5.55. The molecule has 3 N–H and O–H groups in total. The summed E-state index contributed by atoms with van der Waals surface area (Å²) in [5.74, 6) is 1.07. The van der Waals surface area contributed by atoms with E-state index in [0.29, 0.717) is 11.6 Å². The van der Waals surface area contributed by atoms with Crippen molar-refractivity contribution < 1.29 is 0 Å². The third-order valence-corrected chi connectivity index (χ3v) is 1.63. The number of anilines is 2. The van der Waals surface area contributed by atoms with Gasteiger partial charge >= 0.3 is 0 Å². The second kappa shape index (κ2) is 4.45. The molecule has 4 heteroatoms. The van der Waals surface area contributed by atoms with Crippen molar-refractivity contribution in [2.75, 3.05) is 11.1 Å². The summed E-state index contributed by atoms with van der Waals surface area (Å²) in [6.45, 7) is 5.69. The maximum absolute atomic E-state index is 5.60. The van der Waals surface area contributed by atoms with Gasteiger partial charge in [0.1, 0.15) is 0 Å². The van der Waals surface area contributed by atoms with Crippen molar-refractivity contribution in [3.63, 3.8) is 0 Å². The molecule has 1 atom stereocenters. The largest absolute Gasteiger partial charge is 0.381 e. The van der Waals surface area contributed by atoms with Crippen LogP contribution in [0.15, 0.2) is 25.0 Å². The molecule has 0 spiro atoms. The number of rotatable bonds is 4. The highest BCUT2D eigenvalue weighted by Crippen LogP contribution is 2.11. The molecule has 0 fully saturated rings. The van der Waals surface area contributed by atoms with Crippen LogP contribution in [0.1, 0.15) is 13.3 Å². The topological polar surface area (TPSA) is 63.8 Å². The standard InChI is InChI=1S/C9H14N4/c1-3-4-7(2)13-9-8(10)11-5-6-12-9/h3,5-7H,1,4H2,2H3,(H2,10,11)(H,12,13). The summed E-state index contributed by atoms with van der Waals surface area (Å²) in [4.78, 5) is 7.99. The normalized spacial score (nSPS) is 12.1. The van der Waals surface area contributed by atoms with E-state index in [1.165, 1.54) is 0 Å². The van der Waals surface area contributed by atoms with Gasteiger partial charge in [0, 0.05) is 18.4 Å². The van der Waals surface area contributed by atoms with Gasteiger partial charge in [-0.25, -0.2) is 9.97 Å². The first-order valence-electron chi connectivity index (χ1n) is 4.18. The van der Waals surface area contributed by atoms with Gasteiger partial charge in [0.25, 0.3) is 0 Å². The number of nitrogens with two attached hydrogens (primary N) is 1. The molecule has 0 radical (unpaired) electrons. The Kier molecular flexibility index (Phi) is 3.25. The van der Waals surface area contributed by atoms with Gasteiger partial charge in [-0.1, -0.05) is 6.08 Å². The van der Waals surface area contributed by atoms with E-state index in [4.69, 9.17) is 5.73 Å². The van der Waals surface area contributed by atoms with Crippen LogP contribution < -0.4 is 11.1 Å². The van der Waals surface area contributed by atoms with Gasteiger partial charge < -0.3 is 11.1 Å². The summed E-state index contributed by atoms with van der Waals surface area (Å²) in [5.41, 5.74) is 5.60. The molecule has 0 aliphatic carbocycles. The fraction of sp³-hybridized carbons (Fsp3) is 0.333. The zero-order chi connectivity index (χ0) is 9.68. The Morgan fingerprint density at radius 2 is 2.31 bits per heavy atom. The number of hydrogen-bond acceptors (Lipinski definition) is 4. The van der Waals surface area contributed by atoms with Crippen LogP contribution in [0.3, 0.4) is 0 Å². The Hall–Kier alpha value is -1.58. The molecule has 0 aromatic carbocycles. The van der Waals surface area contributed by atoms with E-state index in [1.54, 1.807) is 12.4 Å². The lowest BCUT2D eigenvalue weighted by atomic mass is 10.2. The number of aromatic nitrogens is 2. The Balaban J connectivity index is 2.63. The van der Waals surface area contributed by atoms with Crippen molar-refractivity contribution in [2.24, 2.45) is 0 Å². The van der Waals surface area contributed by atoms with Crippen molar-refractivity contribution in [2.45, 2.75) is 19.4 Å². The number of hydrogen-bond donors (Lipinski definition) is 2. The molecule has 1 aromatic heterocycles. The molecular formula is C9H14N4. The van der Waals surface area contributed by atoms with Gasteiger partial charge in [-0.15, -0.1) is 6.58 Å². The first-order chi connectivity index (χ1) is 6.24. The molecule has 0 amide bonds. The molecule has 0 aliphatic heterocycles. The molecule has 0 bridgehead atoms. The quantitative estimate of drug-likeness (QED) is 0.685. The van der Waals surface area contributed by atoms with Crippen molar-refractivity contribution >= 4 is 11.6 Å². The molecular weight excluding hydrogens is 164 g/mol. The van der Waals surface area contributed by atoms with E-state index < -0.39 is 0 Å². The van der Waals surface area contributed by atoms with Crippen LogP contribution in [0, 0.1) is 0 Å². The van der Waals surface area contributed by atoms with E-state index >= 15 is 0 Å². The first kappa shape index (κ1) is 9.51. The van der Waals surface area contributed by atoms with Crippen LogP contribution in [0.5, 0.6) is 0 Å². The van der Waals surface area contributed by atoms with E-state index in [0.717, 1.165) is 6.42 Å². The van der Waals surface area contributed by atoms with Gasteiger partial charge in [-0.2, -0.15) is 0 Å². The Morgan fingerprint density at radius 1 is 1.62 bits per heavy atom. The van der Waals surface area contributed by atoms with Crippen LogP contribution in [-0.4, -0.2) is 16.0 Å². The van der Waals surface area contributed by atoms with Gasteiger partial charge in [0.2, 0.25) is 0 Å². The van der Waals surface area contributed by atoms with E-state index in [2.05, 4.69) is 21.9 Å². The Labute approximate surface area is 77.9 Å². The van der Waals surface area contributed by atoms with Crippen molar-refractivity contribution in [3.8, 4) is 0 Å². The third-order valence-electron chi connectivity index (χ3n) is 1.63. The van der Waals surface area contributed by atoms with Crippen LogP contribution in [0.2, 0.25) is 0 Å². The molecule has 4 nitrogen and oxygen atoms in total. The van der Waals surface area contributed by atoms with Crippen molar-refractivity contribution in [1.29, 1.82) is 0 Å². The molecule has 1 rings (SSSR count). The lowest BCUT2D eigenvalue weighted by molar-refractivity contribution is 0.807. The Morgan fingerprint density at radius 3 is 2.92 bits per heavy atom. The molecule has 1 heterocycles. The fourth-order valence-corrected chi connectivity index (χ4v) is 1.00. The fourth-order valence-electron chi connectivity index (χ4n) is 1.00. The minimum Gasteiger partial charge on any atom is -0.381 e. The zero-order valence-corrected chi connectivity index (χ0v) is 7.70. The van der Waals surface area contributed by atoms with Crippen LogP contribution in [-0.2, 0) is 0 Å². The number of nitrogen functional groups attached to an aromatic ring is 1. The summed E-state index contributed by atoms with van der Waals surface area (Å²) in [5, 5.41) is 3.14. The maximum Gasteiger partial charge on any atom is 0.169 e. The van der Waals surface area contributed by atoms with E-state index in [9.17, 15) is 0 Å². The van der Waals surface area contributed by atoms with E-state index in [-0.39, 0.29) is 6.04 Å². The van der Waals surface area contributed by atoms with E-state index in [1.807, 2.05) is 13.0 Å². The highest BCUT2D eigenvalue weighted by Gasteiger charge is 2.03. The first-order valence-corrected chi connectivity index (χ1v) is 4.18. The van der Waals surface area contributed by atoms with Gasteiger partial charge in [-0.05, 0) is 13.3 Å². The zero-order valence-electron chi connectivity index (χ0n) is 7.70. The average Bonchev–Trinajstić information content (AvgIpc) is 2.09. The van der Waals surface area contributed by atoms with Crippen molar-refractivity contribution in [3.05, 3.63) is 25.0 Å². The minimum atomic E-state index is 0.275. The third kappa shape index (κ3) is 2.74. The van der Waals surface area contributed by atoms with Crippen LogP contribution >= 0.6 is 0 Å². The molecule has 0 saturated heterocycles. The lowest BCUT2D eigenvalue weighted by Gasteiger charge is -2.12.